The maximum absolute atomic E-state index is 14.1. The number of ether oxygens (including phenoxy) is 1. The monoisotopic (exact) mass is 394 g/mol. The molecule has 0 fully saturated rings. The van der Waals surface area contributed by atoms with Crippen LogP contribution in [0, 0.1) is 17.1 Å². The van der Waals surface area contributed by atoms with E-state index in [-0.39, 0.29) is 24.2 Å². The highest BCUT2D eigenvalue weighted by atomic mass is 19.1. The van der Waals surface area contributed by atoms with Gasteiger partial charge in [-0.15, -0.1) is 0 Å². The van der Waals surface area contributed by atoms with Crippen LogP contribution in [0.25, 0.3) is 11.0 Å². The van der Waals surface area contributed by atoms with Gasteiger partial charge in [0.1, 0.15) is 17.0 Å². The Morgan fingerprint density at radius 1 is 1.14 bits per heavy atom. The molecule has 0 saturated carbocycles. The van der Waals surface area contributed by atoms with Gasteiger partial charge in [0.15, 0.2) is 6.61 Å². The van der Waals surface area contributed by atoms with Crippen molar-refractivity contribution < 1.29 is 23.1 Å². The quantitative estimate of drug-likeness (QED) is 0.471. The molecule has 0 aliphatic rings. The standard InChI is InChI=1S/C21H15FN2O5/c22-16-7-2-3-8-17(16)24(11-5-10-23)19(25)13-28-20(26)15-12-14-6-1-4-9-18(14)29-21(15)27/h1-4,6-9,12H,5,11,13H2. The Labute approximate surface area is 164 Å². The number of nitriles is 1. The van der Waals surface area contributed by atoms with Crippen molar-refractivity contribution in [1.29, 1.82) is 5.26 Å². The number of hydrogen-bond acceptors (Lipinski definition) is 6. The van der Waals surface area contributed by atoms with E-state index in [1.807, 2.05) is 6.07 Å². The molecule has 0 aliphatic heterocycles. The summed E-state index contributed by atoms with van der Waals surface area (Å²) in [5, 5.41) is 9.31. The maximum Gasteiger partial charge on any atom is 0.351 e. The van der Waals surface area contributed by atoms with E-state index in [4.69, 9.17) is 14.4 Å². The molecular formula is C21H15FN2O5. The summed E-state index contributed by atoms with van der Waals surface area (Å²) in [4.78, 5) is 37.8. The average Bonchev–Trinajstić information content (AvgIpc) is 2.73. The van der Waals surface area contributed by atoms with E-state index in [9.17, 15) is 18.8 Å². The molecule has 0 radical (unpaired) electrons. The molecule has 2 aromatic carbocycles. The zero-order valence-corrected chi connectivity index (χ0v) is 15.1. The number of hydrogen-bond donors (Lipinski definition) is 0. The molecular weight excluding hydrogens is 379 g/mol. The van der Waals surface area contributed by atoms with Gasteiger partial charge >= 0.3 is 11.6 Å². The van der Waals surface area contributed by atoms with Crippen molar-refractivity contribution in [2.45, 2.75) is 6.42 Å². The Kier molecular flexibility index (Phi) is 6.00. The van der Waals surface area contributed by atoms with E-state index < -0.39 is 29.9 Å². The van der Waals surface area contributed by atoms with Crippen molar-refractivity contribution in [2.75, 3.05) is 18.1 Å². The zero-order chi connectivity index (χ0) is 20.8. The molecule has 0 spiro atoms. The summed E-state index contributed by atoms with van der Waals surface area (Å²) in [6.45, 7) is -0.809. The first-order valence-electron chi connectivity index (χ1n) is 8.63. The highest BCUT2D eigenvalue weighted by molar-refractivity contribution is 5.98. The number of carbonyl (C=O) groups is 2. The fourth-order valence-electron chi connectivity index (χ4n) is 2.70. The first kappa shape index (κ1) is 19.8. The molecule has 0 N–H and O–H groups in total. The number of fused-ring (bicyclic) bond motifs is 1. The number of nitrogens with zero attached hydrogens (tertiary/aromatic N) is 2. The Bertz CT molecular complexity index is 1170. The minimum Gasteiger partial charge on any atom is -0.452 e. The minimum atomic E-state index is -1.04. The molecule has 0 saturated heterocycles. The number of amides is 1. The second kappa shape index (κ2) is 8.80. The third kappa shape index (κ3) is 4.47. The van der Waals surface area contributed by atoms with Crippen LogP contribution in [0.15, 0.2) is 63.8 Å². The minimum absolute atomic E-state index is 0.0333. The first-order chi connectivity index (χ1) is 14.0. The van der Waals surface area contributed by atoms with E-state index in [1.165, 1.54) is 30.3 Å². The average molecular weight is 394 g/mol. The molecule has 0 aliphatic carbocycles. The lowest BCUT2D eigenvalue weighted by Crippen LogP contribution is -2.36. The van der Waals surface area contributed by atoms with Gasteiger partial charge in [-0.25, -0.2) is 14.0 Å². The summed E-state index contributed by atoms with van der Waals surface area (Å²) in [7, 11) is 0. The lowest BCUT2D eigenvalue weighted by Gasteiger charge is -2.22. The van der Waals surface area contributed by atoms with Crippen LogP contribution in [0.3, 0.4) is 0 Å². The number of esters is 1. The Balaban J connectivity index is 1.77. The van der Waals surface area contributed by atoms with Gasteiger partial charge in [0.2, 0.25) is 0 Å². The van der Waals surface area contributed by atoms with E-state index in [0.717, 1.165) is 4.90 Å². The Hall–Kier alpha value is -3.99. The summed E-state index contributed by atoms with van der Waals surface area (Å²) >= 11 is 0. The maximum atomic E-state index is 14.1. The summed E-state index contributed by atoms with van der Waals surface area (Å²) in [5.41, 5.74) is -0.969. The predicted molar refractivity (Wildman–Crippen MR) is 102 cm³/mol. The highest BCUT2D eigenvalue weighted by Crippen LogP contribution is 2.19. The second-order valence-electron chi connectivity index (χ2n) is 5.97. The van der Waals surface area contributed by atoms with Crippen molar-refractivity contribution in [1.82, 2.24) is 0 Å². The van der Waals surface area contributed by atoms with Gasteiger partial charge in [0.25, 0.3) is 5.91 Å². The summed E-state index contributed by atoms with van der Waals surface area (Å²) < 4.78 is 24.1. The van der Waals surface area contributed by atoms with Crippen LogP contribution in [0.4, 0.5) is 10.1 Å². The number of para-hydroxylation sites is 2. The molecule has 3 aromatic rings. The van der Waals surface area contributed by atoms with Crippen molar-refractivity contribution in [3.8, 4) is 6.07 Å². The lowest BCUT2D eigenvalue weighted by molar-refractivity contribution is -0.121. The number of rotatable bonds is 6. The number of benzene rings is 2. The van der Waals surface area contributed by atoms with E-state index in [0.29, 0.717) is 11.0 Å². The van der Waals surface area contributed by atoms with E-state index in [1.54, 1.807) is 24.3 Å². The van der Waals surface area contributed by atoms with Crippen molar-refractivity contribution in [3.63, 3.8) is 0 Å². The lowest BCUT2D eigenvalue weighted by atomic mass is 10.2. The van der Waals surface area contributed by atoms with Crippen LogP contribution in [-0.4, -0.2) is 25.0 Å². The molecule has 29 heavy (non-hydrogen) atoms. The molecule has 8 heteroatoms. The first-order valence-corrected chi connectivity index (χ1v) is 8.63. The Morgan fingerprint density at radius 2 is 1.86 bits per heavy atom. The molecule has 1 heterocycles. The highest BCUT2D eigenvalue weighted by Gasteiger charge is 2.22. The van der Waals surface area contributed by atoms with Gasteiger partial charge in [-0.1, -0.05) is 30.3 Å². The predicted octanol–water partition coefficient (Wildman–Crippen LogP) is 3.04. The van der Waals surface area contributed by atoms with Crippen LogP contribution in [0.5, 0.6) is 0 Å². The van der Waals surface area contributed by atoms with Crippen LogP contribution in [0.1, 0.15) is 16.8 Å². The van der Waals surface area contributed by atoms with Gasteiger partial charge < -0.3 is 14.1 Å². The van der Waals surface area contributed by atoms with Crippen LogP contribution in [-0.2, 0) is 9.53 Å². The molecule has 0 unspecified atom stereocenters. The molecule has 146 valence electrons. The van der Waals surface area contributed by atoms with Crippen molar-refractivity contribution in [2.24, 2.45) is 0 Å². The van der Waals surface area contributed by atoms with Gasteiger partial charge in [-0.05, 0) is 24.3 Å². The molecule has 1 aromatic heterocycles. The summed E-state index contributed by atoms with van der Waals surface area (Å²) in [6, 6.07) is 15.4. The number of anilines is 1. The van der Waals surface area contributed by atoms with Gasteiger partial charge in [0, 0.05) is 11.9 Å². The molecule has 1 amide bonds. The van der Waals surface area contributed by atoms with Crippen molar-refractivity contribution in [3.05, 3.63) is 76.4 Å². The third-order valence-corrected chi connectivity index (χ3v) is 4.08. The van der Waals surface area contributed by atoms with Gasteiger partial charge in [-0.2, -0.15) is 5.26 Å². The third-order valence-electron chi connectivity index (χ3n) is 4.08. The SMILES string of the molecule is N#CCCN(C(=O)COC(=O)c1cc2ccccc2oc1=O)c1ccccc1F. The normalized spacial score (nSPS) is 10.3. The fourth-order valence-corrected chi connectivity index (χ4v) is 2.70. The van der Waals surface area contributed by atoms with Crippen molar-refractivity contribution >= 4 is 28.5 Å². The topological polar surface area (TPSA) is 101 Å². The molecule has 0 bridgehead atoms. The van der Waals surface area contributed by atoms with Gasteiger partial charge in [0.05, 0.1) is 18.2 Å². The van der Waals surface area contributed by atoms with Gasteiger partial charge in [-0.3, -0.25) is 4.79 Å². The second-order valence-corrected chi connectivity index (χ2v) is 5.97. The fraction of sp³-hybridized carbons (Fsp3) is 0.143. The smallest absolute Gasteiger partial charge is 0.351 e. The largest absolute Gasteiger partial charge is 0.452 e. The Morgan fingerprint density at radius 3 is 2.62 bits per heavy atom. The number of carbonyl (C=O) groups excluding carboxylic acids is 2. The van der Waals surface area contributed by atoms with Crippen LogP contribution in [0.2, 0.25) is 0 Å². The zero-order valence-electron chi connectivity index (χ0n) is 15.1. The van der Waals surface area contributed by atoms with Crippen LogP contribution >= 0.6 is 0 Å². The number of halogens is 1. The van der Waals surface area contributed by atoms with E-state index >= 15 is 0 Å². The van der Waals surface area contributed by atoms with E-state index in [2.05, 4.69) is 0 Å². The molecule has 7 nitrogen and oxygen atoms in total. The van der Waals surface area contributed by atoms with Crippen LogP contribution < -0.4 is 10.5 Å². The summed E-state index contributed by atoms with van der Waals surface area (Å²) in [5.74, 6) is -2.42. The summed E-state index contributed by atoms with van der Waals surface area (Å²) in [6.07, 6.45) is -0.0394. The molecule has 0 atom stereocenters. The molecule has 3 rings (SSSR count).